The van der Waals surface area contributed by atoms with Crippen LogP contribution >= 0.6 is 0 Å². The lowest BCUT2D eigenvalue weighted by Crippen LogP contribution is -2.09. The van der Waals surface area contributed by atoms with Gasteiger partial charge >= 0.3 is 5.97 Å². The van der Waals surface area contributed by atoms with Crippen molar-refractivity contribution in [2.24, 2.45) is 5.90 Å². The third-order valence-electron chi connectivity index (χ3n) is 2.33. The van der Waals surface area contributed by atoms with E-state index in [4.69, 9.17) is 5.90 Å². The van der Waals surface area contributed by atoms with Gasteiger partial charge in [0.15, 0.2) is 0 Å². The molecule has 0 aliphatic rings. The van der Waals surface area contributed by atoms with Crippen molar-refractivity contribution in [1.82, 2.24) is 0 Å². The Hall–Kier alpha value is -2.13. The molecule has 3 heteroatoms. The molecule has 0 aromatic heterocycles. The van der Waals surface area contributed by atoms with Crippen LogP contribution in [-0.2, 0) is 4.84 Å². The molecule has 0 radical (unpaired) electrons. The molecule has 16 heavy (non-hydrogen) atoms. The Labute approximate surface area is 93.4 Å². The Morgan fingerprint density at radius 1 is 0.875 bits per heavy atom. The van der Waals surface area contributed by atoms with Crippen LogP contribution in [0.3, 0.4) is 0 Å². The fraction of sp³-hybridized carbons (Fsp3) is 0. The van der Waals surface area contributed by atoms with E-state index in [9.17, 15) is 4.79 Å². The van der Waals surface area contributed by atoms with Crippen LogP contribution in [0.15, 0.2) is 54.6 Å². The van der Waals surface area contributed by atoms with Gasteiger partial charge in [-0.25, -0.2) is 4.79 Å². The zero-order valence-electron chi connectivity index (χ0n) is 8.59. The summed E-state index contributed by atoms with van der Waals surface area (Å²) in [6.07, 6.45) is 0. The fourth-order valence-electron chi connectivity index (χ4n) is 1.50. The summed E-state index contributed by atoms with van der Waals surface area (Å²) in [4.78, 5) is 15.3. The van der Waals surface area contributed by atoms with E-state index >= 15 is 0 Å². The van der Waals surface area contributed by atoms with Crippen LogP contribution in [0.1, 0.15) is 10.4 Å². The SMILES string of the molecule is NOC(=O)c1ccc(-c2ccccc2)cc1. The largest absolute Gasteiger partial charge is 0.370 e. The van der Waals surface area contributed by atoms with E-state index in [1.165, 1.54) is 0 Å². The first-order chi connectivity index (χ1) is 7.81. The average molecular weight is 213 g/mol. The van der Waals surface area contributed by atoms with E-state index in [1.54, 1.807) is 12.1 Å². The number of carbonyl (C=O) groups is 1. The highest BCUT2D eigenvalue weighted by atomic mass is 16.7. The van der Waals surface area contributed by atoms with Gasteiger partial charge in [0.05, 0.1) is 5.56 Å². The number of hydrogen-bond donors (Lipinski definition) is 1. The van der Waals surface area contributed by atoms with E-state index in [0.29, 0.717) is 5.56 Å². The van der Waals surface area contributed by atoms with Gasteiger partial charge in [0.1, 0.15) is 0 Å². The molecule has 0 heterocycles. The monoisotopic (exact) mass is 213 g/mol. The number of benzene rings is 2. The quantitative estimate of drug-likeness (QED) is 0.779. The fourth-order valence-corrected chi connectivity index (χ4v) is 1.50. The van der Waals surface area contributed by atoms with Gasteiger partial charge in [0.25, 0.3) is 0 Å². The van der Waals surface area contributed by atoms with Crippen LogP contribution in [0, 0.1) is 0 Å². The molecule has 0 spiro atoms. The predicted octanol–water partition coefficient (Wildman–Crippen LogP) is 2.38. The first kappa shape index (κ1) is 10.4. The highest BCUT2D eigenvalue weighted by Gasteiger charge is 2.05. The molecule has 2 rings (SSSR count). The van der Waals surface area contributed by atoms with E-state index in [0.717, 1.165) is 11.1 Å². The molecular formula is C13H11NO2. The van der Waals surface area contributed by atoms with E-state index in [2.05, 4.69) is 4.84 Å². The van der Waals surface area contributed by atoms with Gasteiger partial charge in [0, 0.05) is 0 Å². The van der Waals surface area contributed by atoms with Gasteiger partial charge < -0.3 is 4.84 Å². The van der Waals surface area contributed by atoms with Crippen LogP contribution in [0.5, 0.6) is 0 Å². The van der Waals surface area contributed by atoms with E-state index in [-0.39, 0.29) is 0 Å². The third kappa shape index (κ3) is 2.10. The molecule has 0 fully saturated rings. The maximum atomic E-state index is 11.1. The van der Waals surface area contributed by atoms with Gasteiger partial charge in [-0.15, -0.1) is 0 Å². The minimum absolute atomic E-state index is 0.446. The summed E-state index contributed by atoms with van der Waals surface area (Å²) >= 11 is 0. The summed E-state index contributed by atoms with van der Waals surface area (Å²) in [6, 6.07) is 17.0. The van der Waals surface area contributed by atoms with Crippen LogP contribution in [0.25, 0.3) is 11.1 Å². The first-order valence-corrected chi connectivity index (χ1v) is 4.88. The maximum absolute atomic E-state index is 11.1. The Morgan fingerprint density at radius 3 is 2.00 bits per heavy atom. The second-order valence-corrected chi connectivity index (χ2v) is 3.35. The molecule has 2 N–H and O–H groups in total. The predicted molar refractivity (Wildman–Crippen MR) is 61.5 cm³/mol. The van der Waals surface area contributed by atoms with Gasteiger partial charge in [-0.3, -0.25) is 0 Å². The number of carbonyl (C=O) groups excluding carboxylic acids is 1. The maximum Gasteiger partial charge on any atom is 0.356 e. The summed E-state index contributed by atoms with van der Waals surface area (Å²) in [6.45, 7) is 0. The lowest BCUT2D eigenvalue weighted by atomic mass is 10.0. The number of hydrogen-bond acceptors (Lipinski definition) is 3. The van der Waals surface area contributed by atoms with E-state index < -0.39 is 5.97 Å². The van der Waals surface area contributed by atoms with Crippen molar-refractivity contribution in [2.75, 3.05) is 0 Å². The van der Waals surface area contributed by atoms with Crippen LogP contribution in [0.4, 0.5) is 0 Å². The smallest absolute Gasteiger partial charge is 0.356 e. The molecule has 0 saturated carbocycles. The van der Waals surface area contributed by atoms with E-state index in [1.807, 2.05) is 42.5 Å². The molecule has 0 bridgehead atoms. The van der Waals surface area contributed by atoms with Crippen molar-refractivity contribution in [3.05, 3.63) is 60.2 Å². The zero-order chi connectivity index (χ0) is 11.4. The number of nitrogens with two attached hydrogens (primary N) is 1. The topological polar surface area (TPSA) is 52.3 Å². The minimum Gasteiger partial charge on any atom is -0.370 e. The van der Waals surface area contributed by atoms with Crippen molar-refractivity contribution in [2.45, 2.75) is 0 Å². The highest BCUT2D eigenvalue weighted by molar-refractivity contribution is 5.89. The Kier molecular flexibility index (Phi) is 2.98. The van der Waals surface area contributed by atoms with Gasteiger partial charge in [0.2, 0.25) is 0 Å². The highest BCUT2D eigenvalue weighted by Crippen LogP contribution is 2.19. The average Bonchev–Trinajstić information content (AvgIpc) is 2.39. The standard InChI is InChI=1S/C13H11NO2/c14-16-13(15)12-8-6-11(7-9-12)10-4-2-1-3-5-10/h1-9H,14H2. The molecule has 0 unspecified atom stereocenters. The molecule has 2 aromatic carbocycles. The third-order valence-corrected chi connectivity index (χ3v) is 2.33. The molecule has 80 valence electrons. The molecule has 0 amide bonds. The molecular weight excluding hydrogens is 202 g/mol. The molecule has 0 atom stereocenters. The summed E-state index contributed by atoms with van der Waals surface area (Å²) < 4.78 is 0. The summed E-state index contributed by atoms with van der Waals surface area (Å²) in [5.41, 5.74) is 2.60. The van der Waals surface area contributed by atoms with Gasteiger partial charge in [-0.2, -0.15) is 5.90 Å². The second-order valence-electron chi connectivity index (χ2n) is 3.35. The zero-order valence-corrected chi connectivity index (χ0v) is 8.59. The van der Waals surface area contributed by atoms with Crippen LogP contribution in [-0.4, -0.2) is 5.97 Å². The van der Waals surface area contributed by atoms with Gasteiger partial charge in [-0.05, 0) is 23.3 Å². The van der Waals surface area contributed by atoms with Crippen molar-refractivity contribution in [3.63, 3.8) is 0 Å². The molecule has 0 aliphatic carbocycles. The second kappa shape index (κ2) is 4.59. The van der Waals surface area contributed by atoms with Crippen molar-refractivity contribution in [3.8, 4) is 11.1 Å². The Balaban J connectivity index is 2.30. The Morgan fingerprint density at radius 2 is 1.44 bits per heavy atom. The van der Waals surface area contributed by atoms with Crippen LogP contribution in [0.2, 0.25) is 0 Å². The number of rotatable bonds is 2. The normalized spacial score (nSPS) is 9.81. The molecule has 3 nitrogen and oxygen atoms in total. The molecule has 0 saturated heterocycles. The van der Waals surface area contributed by atoms with Crippen molar-refractivity contribution in [1.29, 1.82) is 0 Å². The lowest BCUT2D eigenvalue weighted by molar-refractivity contribution is 0.0503. The van der Waals surface area contributed by atoms with Crippen molar-refractivity contribution >= 4 is 5.97 Å². The first-order valence-electron chi connectivity index (χ1n) is 4.88. The van der Waals surface area contributed by atoms with Crippen molar-refractivity contribution < 1.29 is 9.63 Å². The summed E-state index contributed by atoms with van der Waals surface area (Å²) in [7, 11) is 0. The minimum atomic E-state index is -0.528. The summed E-state index contributed by atoms with van der Waals surface area (Å²) in [5.74, 6) is 4.28. The van der Waals surface area contributed by atoms with Crippen LogP contribution < -0.4 is 5.90 Å². The molecule has 0 aliphatic heterocycles. The Bertz CT molecular complexity index is 477. The lowest BCUT2D eigenvalue weighted by Gasteiger charge is -2.02. The molecule has 2 aromatic rings. The van der Waals surface area contributed by atoms with Gasteiger partial charge in [-0.1, -0.05) is 42.5 Å². The summed E-state index contributed by atoms with van der Waals surface area (Å²) in [5, 5.41) is 0.